The third-order valence-corrected chi connectivity index (χ3v) is 4.00. The molecule has 1 aliphatic heterocycles. The summed E-state index contributed by atoms with van der Waals surface area (Å²) in [6, 6.07) is 12.2. The Bertz CT molecular complexity index is 628. The molecule has 108 valence electrons. The third kappa shape index (κ3) is 3.05. The monoisotopic (exact) mass is 282 g/mol. The van der Waals surface area contributed by atoms with Crippen LogP contribution in [0.1, 0.15) is 23.5 Å². The first-order valence-electron chi connectivity index (χ1n) is 7.18. The summed E-state index contributed by atoms with van der Waals surface area (Å²) in [6.45, 7) is 1.69. The Morgan fingerprint density at radius 3 is 2.76 bits per heavy atom. The van der Waals surface area contributed by atoms with Gasteiger partial charge in [-0.3, -0.25) is 9.78 Å². The maximum atomic E-state index is 11.0. The van der Waals surface area contributed by atoms with Gasteiger partial charge in [-0.1, -0.05) is 18.2 Å². The minimum Gasteiger partial charge on any atom is -0.481 e. The molecule has 4 nitrogen and oxygen atoms in total. The summed E-state index contributed by atoms with van der Waals surface area (Å²) in [7, 11) is 0. The summed E-state index contributed by atoms with van der Waals surface area (Å²) >= 11 is 0. The molecule has 2 aromatic rings. The maximum Gasteiger partial charge on any atom is 0.304 e. The summed E-state index contributed by atoms with van der Waals surface area (Å²) in [4.78, 5) is 17.3. The number of aromatic nitrogens is 1. The topological polar surface area (TPSA) is 53.4 Å². The van der Waals surface area contributed by atoms with Gasteiger partial charge in [-0.2, -0.15) is 0 Å². The average molecular weight is 282 g/mol. The van der Waals surface area contributed by atoms with E-state index in [1.165, 1.54) is 11.3 Å². The van der Waals surface area contributed by atoms with Gasteiger partial charge in [0.15, 0.2) is 0 Å². The van der Waals surface area contributed by atoms with Crippen molar-refractivity contribution in [2.75, 3.05) is 18.0 Å². The maximum absolute atomic E-state index is 11.0. The van der Waals surface area contributed by atoms with Crippen molar-refractivity contribution in [3.63, 3.8) is 0 Å². The fourth-order valence-electron chi connectivity index (χ4n) is 2.99. The summed E-state index contributed by atoms with van der Waals surface area (Å²) < 4.78 is 0. The Hall–Kier alpha value is -2.36. The predicted octanol–water partition coefficient (Wildman–Crippen LogP) is 2.70. The van der Waals surface area contributed by atoms with Gasteiger partial charge < -0.3 is 10.0 Å². The second-order valence-electron chi connectivity index (χ2n) is 5.41. The highest BCUT2D eigenvalue weighted by Crippen LogP contribution is 2.37. The van der Waals surface area contributed by atoms with Crippen molar-refractivity contribution in [2.45, 2.75) is 18.8 Å². The highest BCUT2D eigenvalue weighted by atomic mass is 16.4. The van der Waals surface area contributed by atoms with Crippen LogP contribution in [0.4, 0.5) is 5.69 Å². The molecule has 0 bridgehead atoms. The number of anilines is 1. The quantitative estimate of drug-likeness (QED) is 0.916. The van der Waals surface area contributed by atoms with E-state index in [-0.39, 0.29) is 12.3 Å². The number of pyridine rings is 1. The number of carbonyl (C=O) groups is 1. The molecule has 1 unspecified atom stereocenters. The van der Waals surface area contributed by atoms with Crippen LogP contribution in [0.5, 0.6) is 0 Å². The molecule has 3 rings (SSSR count). The van der Waals surface area contributed by atoms with Crippen LogP contribution in [0.15, 0.2) is 48.8 Å². The fourth-order valence-corrected chi connectivity index (χ4v) is 2.99. The second kappa shape index (κ2) is 5.95. The molecule has 0 radical (unpaired) electrons. The van der Waals surface area contributed by atoms with Gasteiger partial charge >= 0.3 is 5.97 Å². The Morgan fingerprint density at radius 2 is 2.00 bits per heavy atom. The Labute approximate surface area is 124 Å². The Kier molecular flexibility index (Phi) is 3.86. The number of hydrogen-bond donors (Lipinski definition) is 1. The van der Waals surface area contributed by atoms with Crippen LogP contribution in [0.25, 0.3) is 0 Å². The fraction of sp³-hybridized carbons (Fsp3) is 0.294. The van der Waals surface area contributed by atoms with E-state index in [9.17, 15) is 4.79 Å². The number of aliphatic carboxylic acids is 1. The molecule has 1 aromatic carbocycles. The molecule has 0 saturated heterocycles. The number of carboxylic acids is 1. The first-order chi connectivity index (χ1) is 10.2. The van der Waals surface area contributed by atoms with Crippen LogP contribution in [-0.2, 0) is 11.2 Å². The smallest absolute Gasteiger partial charge is 0.304 e. The van der Waals surface area contributed by atoms with Crippen LogP contribution in [0, 0.1) is 0 Å². The molecular weight excluding hydrogens is 264 g/mol. The number of para-hydroxylation sites is 1. The highest BCUT2D eigenvalue weighted by Gasteiger charge is 2.29. The van der Waals surface area contributed by atoms with E-state index in [2.05, 4.69) is 22.0 Å². The van der Waals surface area contributed by atoms with E-state index in [1.54, 1.807) is 12.4 Å². The molecule has 1 aromatic heterocycles. The van der Waals surface area contributed by atoms with Crippen molar-refractivity contribution in [1.29, 1.82) is 0 Å². The van der Waals surface area contributed by atoms with Gasteiger partial charge in [-0.15, -0.1) is 0 Å². The van der Waals surface area contributed by atoms with Crippen molar-refractivity contribution in [3.05, 3.63) is 59.9 Å². The van der Waals surface area contributed by atoms with E-state index in [0.717, 1.165) is 25.1 Å². The lowest BCUT2D eigenvalue weighted by Crippen LogP contribution is -2.25. The van der Waals surface area contributed by atoms with Crippen LogP contribution in [0.2, 0.25) is 0 Å². The zero-order chi connectivity index (χ0) is 14.7. The molecule has 4 heteroatoms. The van der Waals surface area contributed by atoms with Crippen LogP contribution in [-0.4, -0.2) is 29.1 Å². The van der Waals surface area contributed by atoms with Crippen LogP contribution < -0.4 is 4.90 Å². The minimum atomic E-state index is -0.731. The molecule has 0 saturated carbocycles. The normalized spacial score (nSPS) is 16.8. The lowest BCUT2D eigenvalue weighted by molar-refractivity contribution is -0.137. The average Bonchev–Trinajstić information content (AvgIpc) is 2.84. The third-order valence-electron chi connectivity index (χ3n) is 4.00. The number of fused-ring (bicyclic) bond motifs is 1. The minimum absolute atomic E-state index is 0.0936. The Balaban J connectivity index is 1.73. The lowest BCUT2D eigenvalue weighted by Gasteiger charge is -2.19. The van der Waals surface area contributed by atoms with E-state index in [4.69, 9.17) is 5.11 Å². The van der Waals surface area contributed by atoms with Crippen LogP contribution in [0.3, 0.4) is 0 Å². The molecular formula is C17H18N2O2. The standard InChI is InChI=1S/C17H18N2O2/c20-17(21)11-14-12-19(16-4-2-1-3-15(14)16)10-7-13-5-8-18-9-6-13/h1-6,8-9,14H,7,10-12H2,(H,20,21). The molecule has 0 spiro atoms. The van der Waals surface area contributed by atoms with Gasteiger partial charge in [0.05, 0.1) is 6.42 Å². The number of benzene rings is 1. The summed E-state index contributed by atoms with van der Waals surface area (Å²) in [6.07, 6.45) is 4.75. The Morgan fingerprint density at radius 1 is 1.24 bits per heavy atom. The number of nitrogens with zero attached hydrogens (tertiary/aromatic N) is 2. The second-order valence-corrected chi connectivity index (χ2v) is 5.41. The summed E-state index contributed by atoms with van der Waals surface area (Å²) in [5.41, 5.74) is 3.59. The van der Waals surface area contributed by atoms with Gasteiger partial charge in [-0.25, -0.2) is 0 Å². The largest absolute Gasteiger partial charge is 0.481 e. The van der Waals surface area contributed by atoms with E-state index >= 15 is 0 Å². The molecule has 21 heavy (non-hydrogen) atoms. The summed E-state index contributed by atoms with van der Waals surface area (Å²) in [5, 5.41) is 9.07. The van der Waals surface area contributed by atoms with Crippen molar-refractivity contribution in [3.8, 4) is 0 Å². The zero-order valence-electron chi connectivity index (χ0n) is 11.8. The van der Waals surface area contributed by atoms with Gasteiger partial charge in [0.1, 0.15) is 0 Å². The number of hydrogen-bond acceptors (Lipinski definition) is 3. The molecule has 1 N–H and O–H groups in total. The van der Waals surface area contributed by atoms with E-state index in [0.29, 0.717) is 0 Å². The molecule has 0 aliphatic carbocycles. The van der Waals surface area contributed by atoms with E-state index < -0.39 is 5.97 Å². The molecule has 0 amide bonds. The molecule has 1 atom stereocenters. The van der Waals surface area contributed by atoms with Crippen molar-refractivity contribution in [1.82, 2.24) is 4.98 Å². The van der Waals surface area contributed by atoms with Gasteiger partial charge in [0.2, 0.25) is 0 Å². The highest BCUT2D eigenvalue weighted by molar-refractivity contribution is 5.71. The SMILES string of the molecule is O=C(O)CC1CN(CCc2ccncc2)c2ccccc21. The first kappa shape index (κ1) is 13.6. The predicted molar refractivity (Wildman–Crippen MR) is 81.6 cm³/mol. The van der Waals surface area contributed by atoms with Crippen molar-refractivity contribution >= 4 is 11.7 Å². The van der Waals surface area contributed by atoms with Gasteiger partial charge in [0, 0.05) is 37.1 Å². The molecule has 1 aliphatic rings. The molecule has 2 heterocycles. The number of rotatable bonds is 5. The van der Waals surface area contributed by atoms with Crippen molar-refractivity contribution < 1.29 is 9.90 Å². The first-order valence-corrected chi connectivity index (χ1v) is 7.18. The summed E-state index contributed by atoms with van der Waals surface area (Å²) in [5.74, 6) is -0.637. The lowest BCUT2D eigenvalue weighted by atomic mass is 9.98. The molecule has 0 fully saturated rings. The van der Waals surface area contributed by atoms with E-state index in [1.807, 2.05) is 24.3 Å². The van der Waals surface area contributed by atoms with Crippen molar-refractivity contribution in [2.24, 2.45) is 0 Å². The van der Waals surface area contributed by atoms with Gasteiger partial charge in [0.25, 0.3) is 0 Å². The zero-order valence-corrected chi connectivity index (χ0v) is 11.8. The van der Waals surface area contributed by atoms with Gasteiger partial charge in [-0.05, 0) is 35.7 Å². The van der Waals surface area contributed by atoms with Crippen LogP contribution >= 0.6 is 0 Å². The number of carboxylic acid groups (broad SMARTS) is 1.